The van der Waals surface area contributed by atoms with Gasteiger partial charge in [-0.1, -0.05) is 12.8 Å². The van der Waals surface area contributed by atoms with Crippen LogP contribution in [-0.2, 0) is 0 Å². The molecule has 0 bridgehead atoms. The van der Waals surface area contributed by atoms with Gasteiger partial charge in [0.2, 0.25) is 5.95 Å². The van der Waals surface area contributed by atoms with E-state index in [2.05, 4.69) is 69.1 Å². The summed E-state index contributed by atoms with van der Waals surface area (Å²) in [5, 5.41) is 4.56. The second kappa shape index (κ2) is 7.67. The number of fused-ring (bicyclic) bond motifs is 1. The Balaban J connectivity index is 1.35. The number of hydrogen-bond acceptors (Lipinski definition) is 5. The fourth-order valence-electron chi connectivity index (χ4n) is 4.66. The molecule has 2 fully saturated rings. The van der Waals surface area contributed by atoms with Crippen LogP contribution < -0.4 is 10.2 Å². The van der Waals surface area contributed by atoms with Crippen LogP contribution in [0.15, 0.2) is 36.7 Å². The quantitative estimate of drug-likeness (QED) is 0.718. The van der Waals surface area contributed by atoms with Gasteiger partial charge in [0, 0.05) is 61.4 Å². The van der Waals surface area contributed by atoms with Gasteiger partial charge in [-0.3, -0.25) is 0 Å². The van der Waals surface area contributed by atoms with Crippen LogP contribution >= 0.6 is 0 Å². The second-order valence-corrected chi connectivity index (χ2v) is 8.55. The number of aryl methyl sites for hydroxylation is 1. The van der Waals surface area contributed by atoms with E-state index in [1.165, 1.54) is 36.9 Å². The van der Waals surface area contributed by atoms with Crippen molar-refractivity contribution in [2.75, 3.05) is 43.4 Å². The summed E-state index contributed by atoms with van der Waals surface area (Å²) in [6, 6.07) is 9.22. The number of aromatic nitrogens is 3. The number of rotatable bonds is 4. The predicted molar refractivity (Wildman–Crippen MR) is 119 cm³/mol. The van der Waals surface area contributed by atoms with Crippen LogP contribution in [0.3, 0.4) is 0 Å². The Morgan fingerprint density at radius 2 is 1.72 bits per heavy atom. The molecule has 1 aromatic carbocycles. The number of anilines is 3. The lowest BCUT2D eigenvalue weighted by atomic mass is 10.2. The topological polar surface area (TPSA) is 49.2 Å². The van der Waals surface area contributed by atoms with Crippen molar-refractivity contribution in [2.24, 2.45) is 0 Å². The van der Waals surface area contributed by atoms with Gasteiger partial charge < -0.3 is 19.7 Å². The maximum Gasteiger partial charge on any atom is 0.229 e. The first kappa shape index (κ1) is 18.4. The van der Waals surface area contributed by atoms with Crippen LogP contribution in [0.2, 0.25) is 0 Å². The van der Waals surface area contributed by atoms with Gasteiger partial charge in [0.25, 0.3) is 0 Å². The van der Waals surface area contributed by atoms with Crippen LogP contribution in [0.1, 0.15) is 37.3 Å². The standard InChI is InChI=1S/C23H30N6/c1-17-16-29(20-5-3-4-6-20)22-21(17)15-24-23(26-22)25-18-7-9-19(10-8-18)28-13-11-27(2)12-14-28/h7-10,15-16,20H,3-6,11-14H2,1-2H3,(H,24,25,26). The van der Waals surface area contributed by atoms with Gasteiger partial charge in [0.1, 0.15) is 5.65 Å². The van der Waals surface area contributed by atoms with Gasteiger partial charge in [0.05, 0.1) is 0 Å². The zero-order valence-corrected chi connectivity index (χ0v) is 17.4. The molecule has 0 unspecified atom stereocenters. The Labute approximate surface area is 172 Å². The zero-order valence-electron chi connectivity index (χ0n) is 17.4. The van der Waals surface area contributed by atoms with E-state index in [0.29, 0.717) is 12.0 Å². The highest BCUT2D eigenvalue weighted by atomic mass is 15.2. The molecule has 1 aliphatic carbocycles. The molecule has 6 nitrogen and oxygen atoms in total. The van der Waals surface area contributed by atoms with E-state index in [9.17, 15) is 0 Å². The third-order valence-electron chi connectivity index (χ3n) is 6.48. The van der Waals surface area contributed by atoms with Crippen molar-refractivity contribution in [1.29, 1.82) is 0 Å². The number of piperazine rings is 1. The van der Waals surface area contributed by atoms with E-state index < -0.39 is 0 Å². The van der Waals surface area contributed by atoms with Crippen LogP contribution in [0.25, 0.3) is 11.0 Å². The van der Waals surface area contributed by atoms with Crippen molar-refractivity contribution in [2.45, 2.75) is 38.6 Å². The van der Waals surface area contributed by atoms with Gasteiger partial charge in [-0.05, 0) is 56.6 Å². The highest BCUT2D eigenvalue weighted by molar-refractivity contribution is 5.81. The van der Waals surface area contributed by atoms with Crippen molar-refractivity contribution >= 4 is 28.4 Å². The van der Waals surface area contributed by atoms with Gasteiger partial charge in [0.15, 0.2) is 0 Å². The zero-order chi connectivity index (χ0) is 19.8. The lowest BCUT2D eigenvalue weighted by Gasteiger charge is -2.34. The summed E-state index contributed by atoms with van der Waals surface area (Å²) < 4.78 is 2.38. The largest absolute Gasteiger partial charge is 0.369 e. The SMILES string of the molecule is Cc1cn(C2CCCC2)c2nc(Nc3ccc(N4CCN(C)CC4)cc3)ncc12. The van der Waals surface area contributed by atoms with E-state index in [0.717, 1.165) is 42.9 Å². The summed E-state index contributed by atoms with van der Waals surface area (Å²) in [6.45, 7) is 6.56. The summed E-state index contributed by atoms with van der Waals surface area (Å²) >= 11 is 0. The third kappa shape index (κ3) is 3.69. The summed E-state index contributed by atoms with van der Waals surface area (Å²) in [6.07, 6.45) is 9.36. The molecule has 0 atom stereocenters. The Morgan fingerprint density at radius 1 is 1.00 bits per heavy atom. The van der Waals surface area contributed by atoms with Crippen molar-refractivity contribution < 1.29 is 0 Å². The maximum absolute atomic E-state index is 4.88. The lowest BCUT2D eigenvalue weighted by molar-refractivity contribution is 0.313. The van der Waals surface area contributed by atoms with Crippen LogP contribution in [-0.4, -0.2) is 52.7 Å². The number of nitrogens with one attached hydrogen (secondary N) is 1. The Bertz CT molecular complexity index is 979. The average molecular weight is 391 g/mol. The molecular formula is C23H30N6. The van der Waals surface area contributed by atoms with Gasteiger partial charge in [-0.25, -0.2) is 4.98 Å². The molecule has 29 heavy (non-hydrogen) atoms. The monoisotopic (exact) mass is 390 g/mol. The highest BCUT2D eigenvalue weighted by Crippen LogP contribution is 2.33. The molecule has 1 saturated heterocycles. The molecule has 1 saturated carbocycles. The van der Waals surface area contributed by atoms with E-state index in [1.807, 2.05) is 6.20 Å². The van der Waals surface area contributed by atoms with Crippen LogP contribution in [0.4, 0.5) is 17.3 Å². The molecule has 152 valence electrons. The molecule has 3 heterocycles. The Kier molecular flexibility index (Phi) is 4.87. The Morgan fingerprint density at radius 3 is 2.45 bits per heavy atom. The minimum atomic E-state index is 0.580. The number of benzene rings is 1. The lowest BCUT2D eigenvalue weighted by Crippen LogP contribution is -2.44. The molecule has 3 aromatic rings. The molecule has 5 rings (SSSR count). The maximum atomic E-state index is 4.88. The van der Waals surface area contributed by atoms with Crippen molar-refractivity contribution in [3.8, 4) is 0 Å². The summed E-state index contributed by atoms with van der Waals surface area (Å²) in [7, 11) is 2.19. The third-order valence-corrected chi connectivity index (χ3v) is 6.48. The molecule has 6 heteroatoms. The molecule has 0 radical (unpaired) electrons. The number of nitrogens with zero attached hydrogens (tertiary/aromatic N) is 5. The molecule has 1 N–H and O–H groups in total. The normalized spacial score (nSPS) is 18.6. The number of hydrogen-bond donors (Lipinski definition) is 1. The van der Waals surface area contributed by atoms with Gasteiger partial charge in [-0.15, -0.1) is 0 Å². The first-order chi connectivity index (χ1) is 14.2. The fourth-order valence-corrected chi connectivity index (χ4v) is 4.66. The van der Waals surface area contributed by atoms with Crippen molar-refractivity contribution in [3.05, 3.63) is 42.2 Å². The summed E-state index contributed by atoms with van der Waals surface area (Å²) in [5.41, 5.74) is 4.62. The van der Waals surface area contributed by atoms with Gasteiger partial charge >= 0.3 is 0 Å². The average Bonchev–Trinajstić information content (AvgIpc) is 3.37. The van der Waals surface area contributed by atoms with E-state index in [1.54, 1.807) is 0 Å². The van der Waals surface area contributed by atoms with Crippen LogP contribution in [0.5, 0.6) is 0 Å². The highest BCUT2D eigenvalue weighted by Gasteiger charge is 2.20. The molecular weight excluding hydrogens is 360 g/mol. The summed E-state index contributed by atoms with van der Waals surface area (Å²) in [4.78, 5) is 14.3. The number of likely N-dealkylation sites (N-methyl/N-ethyl adjacent to an activating group) is 1. The van der Waals surface area contributed by atoms with Crippen LogP contribution in [0, 0.1) is 6.92 Å². The molecule has 0 spiro atoms. The van der Waals surface area contributed by atoms with E-state index in [-0.39, 0.29) is 0 Å². The van der Waals surface area contributed by atoms with E-state index in [4.69, 9.17) is 4.98 Å². The minimum Gasteiger partial charge on any atom is -0.369 e. The molecule has 0 amide bonds. The summed E-state index contributed by atoms with van der Waals surface area (Å²) in [5.74, 6) is 0.669. The van der Waals surface area contributed by atoms with Gasteiger partial charge in [-0.2, -0.15) is 4.98 Å². The minimum absolute atomic E-state index is 0.580. The predicted octanol–water partition coefficient (Wildman–Crippen LogP) is 4.35. The van der Waals surface area contributed by atoms with Crippen molar-refractivity contribution in [1.82, 2.24) is 19.4 Å². The van der Waals surface area contributed by atoms with Crippen molar-refractivity contribution in [3.63, 3.8) is 0 Å². The first-order valence-electron chi connectivity index (χ1n) is 10.8. The second-order valence-electron chi connectivity index (χ2n) is 8.55. The first-order valence-corrected chi connectivity index (χ1v) is 10.8. The molecule has 2 aromatic heterocycles. The fraction of sp³-hybridized carbons (Fsp3) is 0.478. The van der Waals surface area contributed by atoms with E-state index >= 15 is 0 Å². The molecule has 2 aliphatic rings. The smallest absolute Gasteiger partial charge is 0.229 e. The Hall–Kier alpha value is -2.60. The molecule has 1 aliphatic heterocycles.